The van der Waals surface area contributed by atoms with Crippen molar-refractivity contribution in [2.45, 2.75) is 12.7 Å². The van der Waals surface area contributed by atoms with Crippen molar-refractivity contribution in [3.63, 3.8) is 0 Å². The molecule has 2 N–H and O–H groups in total. The number of nitrogens with two attached hydrogens (primary N) is 1. The second kappa shape index (κ2) is 9.62. The zero-order valence-electron chi connectivity index (χ0n) is 13.8. The quantitative estimate of drug-likeness (QED) is 0.473. The molecule has 126 valence electrons. The van der Waals surface area contributed by atoms with Gasteiger partial charge in [0.05, 0.1) is 19.9 Å². The largest absolute Gasteiger partial charge is 0.493 e. The van der Waals surface area contributed by atoms with E-state index >= 15 is 0 Å². The molecule has 2 aromatic carbocycles. The van der Waals surface area contributed by atoms with Crippen LogP contribution in [-0.4, -0.2) is 25.1 Å². The average Bonchev–Trinajstić information content (AvgIpc) is 2.61. The van der Waals surface area contributed by atoms with Crippen LogP contribution in [-0.2, 0) is 5.75 Å². The van der Waals surface area contributed by atoms with Gasteiger partial charge in [-0.3, -0.25) is 0 Å². The van der Waals surface area contributed by atoms with Gasteiger partial charge >= 0.3 is 0 Å². The van der Waals surface area contributed by atoms with Crippen LogP contribution in [0.25, 0.3) is 0 Å². The number of thioether (sulfide) groups is 1. The summed E-state index contributed by atoms with van der Waals surface area (Å²) in [5, 5.41) is 8.46. The summed E-state index contributed by atoms with van der Waals surface area (Å²) < 4.78 is 10.8. The van der Waals surface area contributed by atoms with Crippen LogP contribution in [0.2, 0.25) is 0 Å². The van der Waals surface area contributed by atoms with Gasteiger partial charge in [0, 0.05) is 5.75 Å². The molecule has 0 saturated carbocycles. The van der Waals surface area contributed by atoms with Crippen LogP contribution in [0.15, 0.2) is 58.7 Å². The minimum absolute atomic E-state index is 0.425. The number of methoxy groups -OCH3 is 1. The summed E-state index contributed by atoms with van der Waals surface area (Å²) in [6, 6.07) is 15.7. The Hall–Kier alpha value is -2.47. The van der Waals surface area contributed by atoms with Gasteiger partial charge in [0.2, 0.25) is 0 Å². The molecule has 0 aliphatic carbocycles. The van der Waals surface area contributed by atoms with Crippen LogP contribution in [0, 0.1) is 0 Å². The Balaban J connectivity index is 1.95. The Labute approximate surface area is 146 Å². The van der Waals surface area contributed by atoms with E-state index in [9.17, 15) is 0 Å². The Morgan fingerprint density at radius 3 is 2.67 bits per heavy atom. The second-order valence-corrected chi connectivity index (χ2v) is 5.80. The topological polar surface area (TPSA) is 69.2 Å². The molecular weight excluding hydrogens is 322 g/mol. The summed E-state index contributed by atoms with van der Waals surface area (Å²) in [6.07, 6.45) is 1.64. The molecule has 24 heavy (non-hydrogen) atoms. The third kappa shape index (κ3) is 5.62. The first-order valence-electron chi connectivity index (χ1n) is 7.57. The van der Waals surface area contributed by atoms with Gasteiger partial charge in [-0.2, -0.15) is 5.10 Å². The van der Waals surface area contributed by atoms with Crippen molar-refractivity contribution in [1.82, 2.24) is 0 Å². The lowest BCUT2D eigenvalue weighted by Crippen LogP contribution is -2.06. The van der Waals surface area contributed by atoms with E-state index in [-0.39, 0.29) is 0 Å². The third-order valence-corrected chi connectivity index (χ3v) is 3.94. The van der Waals surface area contributed by atoms with E-state index < -0.39 is 0 Å². The molecule has 0 aliphatic heterocycles. The van der Waals surface area contributed by atoms with Crippen molar-refractivity contribution in [3.8, 4) is 11.5 Å². The Kier molecular flexibility index (Phi) is 7.17. The molecule has 0 radical (unpaired) electrons. The second-order valence-electron chi connectivity index (χ2n) is 4.80. The van der Waals surface area contributed by atoms with Gasteiger partial charge in [-0.15, -0.1) is 5.10 Å². The summed E-state index contributed by atoms with van der Waals surface area (Å²) in [6.45, 7) is 2.49. The lowest BCUT2D eigenvalue weighted by molar-refractivity contribution is 0.311. The third-order valence-electron chi connectivity index (χ3n) is 3.08. The maximum atomic E-state index is 5.86. The molecule has 0 bridgehead atoms. The number of ether oxygens (including phenoxy) is 2. The highest BCUT2D eigenvalue weighted by Crippen LogP contribution is 2.27. The molecule has 0 saturated heterocycles. The van der Waals surface area contributed by atoms with Gasteiger partial charge in [-0.1, -0.05) is 42.1 Å². The lowest BCUT2D eigenvalue weighted by Gasteiger charge is -2.09. The van der Waals surface area contributed by atoms with Crippen LogP contribution in [0.4, 0.5) is 0 Å². The highest BCUT2D eigenvalue weighted by molar-refractivity contribution is 8.13. The van der Waals surface area contributed by atoms with Gasteiger partial charge in [0.1, 0.15) is 0 Å². The first-order valence-corrected chi connectivity index (χ1v) is 8.55. The Morgan fingerprint density at radius 1 is 1.17 bits per heavy atom. The number of amidine groups is 1. The molecule has 0 aromatic heterocycles. The first-order chi connectivity index (χ1) is 11.7. The number of hydrogen-bond donors (Lipinski definition) is 1. The molecule has 0 aliphatic rings. The Morgan fingerprint density at radius 2 is 1.96 bits per heavy atom. The van der Waals surface area contributed by atoms with E-state index in [0.717, 1.165) is 11.3 Å². The monoisotopic (exact) mass is 343 g/mol. The SMILES string of the molecule is CCOc1cc(C=NN=C(N)SCc2ccccc2)ccc1OC. The molecule has 6 heteroatoms. The molecule has 0 fully saturated rings. The van der Waals surface area contributed by atoms with Crippen molar-refractivity contribution in [2.24, 2.45) is 15.9 Å². The van der Waals surface area contributed by atoms with E-state index in [4.69, 9.17) is 15.2 Å². The molecule has 2 aromatic rings. The fourth-order valence-electron chi connectivity index (χ4n) is 1.95. The normalized spacial score (nSPS) is 11.7. The number of nitrogens with zero attached hydrogens (tertiary/aromatic N) is 2. The van der Waals surface area contributed by atoms with Crippen LogP contribution >= 0.6 is 11.8 Å². The van der Waals surface area contributed by atoms with E-state index in [0.29, 0.717) is 23.3 Å². The van der Waals surface area contributed by atoms with Crippen LogP contribution in [0.1, 0.15) is 18.1 Å². The van der Waals surface area contributed by atoms with Crippen LogP contribution < -0.4 is 15.2 Å². The minimum Gasteiger partial charge on any atom is -0.493 e. The van der Waals surface area contributed by atoms with Gasteiger partial charge in [-0.25, -0.2) is 0 Å². The Bertz CT molecular complexity index is 703. The average molecular weight is 343 g/mol. The summed E-state index contributed by atoms with van der Waals surface area (Å²) in [7, 11) is 1.61. The summed E-state index contributed by atoms with van der Waals surface area (Å²) >= 11 is 1.45. The van der Waals surface area contributed by atoms with Crippen LogP contribution in [0.5, 0.6) is 11.5 Å². The fourth-order valence-corrected chi connectivity index (χ4v) is 2.57. The smallest absolute Gasteiger partial charge is 0.180 e. The standard InChI is InChI=1S/C18H21N3O2S/c1-3-23-17-11-15(9-10-16(17)22-2)12-20-21-18(19)24-13-14-7-5-4-6-8-14/h4-12H,3,13H2,1-2H3,(H2,19,21). The summed E-state index contributed by atoms with van der Waals surface area (Å²) in [5.74, 6) is 2.14. The number of benzene rings is 2. The fraction of sp³-hybridized carbons (Fsp3) is 0.222. The number of hydrogen-bond acceptors (Lipinski definition) is 5. The van der Waals surface area contributed by atoms with E-state index in [1.807, 2.05) is 43.3 Å². The number of rotatable bonds is 7. The van der Waals surface area contributed by atoms with Gasteiger partial charge < -0.3 is 15.2 Å². The van der Waals surface area contributed by atoms with Crippen LogP contribution in [0.3, 0.4) is 0 Å². The maximum Gasteiger partial charge on any atom is 0.180 e. The van der Waals surface area contributed by atoms with Crippen molar-refractivity contribution in [1.29, 1.82) is 0 Å². The highest BCUT2D eigenvalue weighted by atomic mass is 32.2. The molecule has 2 rings (SSSR count). The van der Waals surface area contributed by atoms with E-state index in [2.05, 4.69) is 22.3 Å². The lowest BCUT2D eigenvalue weighted by atomic mass is 10.2. The summed E-state index contributed by atoms with van der Waals surface area (Å²) in [5.41, 5.74) is 7.92. The van der Waals surface area contributed by atoms with Crippen molar-refractivity contribution < 1.29 is 9.47 Å². The summed E-state index contributed by atoms with van der Waals surface area (Å²) in [4.78, 5) is 0. The maximum absolute atomic E-state index is 5.86. The molecule has 0 unspecified atom stereocenters. The van der Waals surface area contributed by atoms with Crippen molar-refractivity contribution in [3.05, 3.63) is 59.7 Å². The van der Waals surface area contributed by atoms with E-state index in [1.165, 1.54) is 17.3 Å². The molecule has 0 amide bonds. The molecule has 5 nitrogen and oxygen atoms in total. The molecule has 0 heterocycles. The van der Waals surface area contributed by atoms with Crippen molar-refractivity contribution in [2.75, 3.05) is 13.7 Å². The molecular formula is C18H21N3O2S. The van der Waals surface area contributed by atoms with Crippen molar-refractivity contribution >= 4 is 23.1 Å². The van der Waals surface area contributed by atoms with Gasteiger partial charge in [-0.05, 0) is 36.2 Å². The van der Waals surface area contributed by atoms with Gasteiger partial charge in [0.15, 0.2) is 16.7 Å². The van der Waals surface area contributed by atoms with Gasteiger partial charge in [0.25, 0.3) is 0 Å². The zero-order chi connectivity index (χ0) is 17.2. The molecule has 0 spiro atoms. The predicted octanol–water partition coefficient (Wildman–Crippen LogP) is 3.68. The van der Waals surface area contributed by atoms with E-state index in [1.54, 1.807) is 13.3 Å². The highest BCUT2D eigenvalue weighted by Gasteiger charge is 2.04. The first kappa shape index (κ1) is 17.9. The zero-order valence-corrected chi connectivity index (χ0v) is 14.6. The minimum atomic E-state index is 0.425. The predicted molar refractivity (Wildman–Crippen MR) is 101 cm³/mol. The molecule has 0 atom stereocenters.